The van der Waals surface area contributed by atoms with Crippen molar-refractivity contribution in [3.63, 3.8) is 0 Å². The Morgan fingerprint density at radius 3 is 2.54 bits per heavy atom. The molecule has 1 heterocycles. The third kappa shape index (κ3) is 4.10. The highest BCUT2D eigenvalue weighted by molar-refractivity contribution is 5.74. The van der Waals surface area contributed by atoms with Crippen LogP contribution in [0.25, 0.3) is 5.57 Å². The molecule has 1 aromatic rings. The number of carbonyl (C=O) groups excluding carboxylic acids is 1. The average Bonchev–Trinajstić information content (AvgIpc) is 2.47. The van der Waals surface area contributed by atoms with Gasteiger partial charge >= 0.3 is 11.8 Å². The topological polar surface area (TPSA) is 72.7 Å². The van der Waals surface area contributed by atoms with Crippen LogP contribution in [0.2, 0.25) is 0 Å². The number of hydrogen-bond acceptors (Lipinski definition) is 4. The van der Waals surface area contributed by atoms with Gasteiger partial charge in [-0.15, -0.1) is 0 Å². The van der Waals surface area contributed by atoms with Gasteiger partial charge in [-0.3, -0.25) is 10.1 Å². The minimum absolute atomic E-state index is 0.363. The van der Waals surface area contributed by atoms with Crippen LogP contribution < -0.4 is 0 Å². The summed E-state index contributed by atoms with van der Waals surface area (Å²) in [6.45, 7) is 7.95. The summed E-state index contributed by atoms with van der Waals surface area (Å²) in [5.41, 5.74) is 1.07. The highest BCUT2D eigenvalue weighted by Crippen LogP contribution is 2.30. The molecule has 0 aliphatic carbocycles. The first-order valence-corrected chi connectivity index (χ1v) is 7.70. The number of aryl methyl sites for hydroxylation is 1. The Morgan fingerprint density at radius 2 is 2.04 bits per heavy atom. The zero-order valence-corrected chi connectivity index (χ0v) is 14.3. The number of halogens is 1. The van der Waals surface area contributed by atoms with Gasteiger partial charge in [-0.25, -0.2) is 4.79 Å². The predicted molar refractivity (Wildman–Crippen MR) is 88.2 cm³/mol. The maximum absolute atomic E-state index is 13.9. The van der Waals surface area contributed by atoms with E-state index >= 15 is 0 Å². The Kier molecular flexibility index (Phi) is 4.91. The number of ether oxygens (including phenoxy) is 1. The number of amides is 1. The Hall–Kier alpha value is -2.44. The van der Waals surface area contributed by atoms with Crippen LogP contribution in [0, 0.1) is 22.9 Å². The van der Waals surface area contributed by atoms with Gasteiger partial charge in [0, 0.05) is 19.2 Å². The van der Waals surface area contributed by atoms with Gasteiger partial charge in [0.2, 0.25) is 5.82 Å². The van der Waals surface area contributed by atoms with Gasteiger partial charge in [0.1, 0.15) is 5.60 Å². The van der Waals surface area contributed by atoms with E-state index < -0.39 is 22.0 Å². The molecular weight excluding hydrogens is 315 g/mol. The van der Waals surface area contributed by atoms with Crippen LogP contribution in [-0.2, 0) is 4.74 Å². The third-order valence-electron chi connectivity index (χ3n) is 3.70. The van der Waals surface area contributed by atoms with E-state index in [2.05, 4.69) is 0 Å². The number of benzene rings is 1. The van der Waals surface area contributed by atoms with Gasteiger partial charge < -0.3 is 9.64 Å². The van der Waals surface area contributed by atoms with Gasteiger partial charge in [0.05, 0.1) is 4.92 Å². The summed E-state index contributed by atoms with van der Waals surface area (Å²) in [6.07, 6.45) is 1.99. The van der Waals surface area contributed by atoms with E-state index in [1.54, 1.807) is 32.6 Å². The van der Waals surface area contributed by atoms with Gasteiger partial charge in [-0.2, -0.15) is 4.39 Å². The first-order chi connectivity index (χ1) is 11.1. The molecule has 0 N–H and O–H groups in total. The first-order valence-electron chi connectivity index (χ1n) is 7.70. The third-order valence-corrected chi connectivity index (χ3v) is 3.70. The van der Waals surface area contributed by atoms with Gasteiger partial charge in [0.25, 0.3) is 0 Å². The minimum atomic E-state index is -0.851. The lowest BCUT2D eigenvalue weighted by molar-refractivity contribution is -0.387. The molecule has 0 saturated heterocycles. The Balaban J connectivity index is 2.17. The Morgan fingerprint density at radius 1 is 1.38 bits per heavy atom. The first kappa shape index (κ1) is 17.9. The number of nitro groups is 1. The van der Waals surface area contributed by atoms with Crippen molar-refractivity contribution >= 4 is 17.4 Å². The minimum Gasteiger partial charge on any atom is -0.444 e. The molecule has 130 valence electrons. The second-order valence-corrected chi connectivity index (χ2v) is 6.78. The number of rotatable bonds is 2. The largest absolute Gasteiger partial charge is 0.444 e. The van der Waals surface area contributed by atoms with E-state index in [1.165, 1.54) is 12.1 Å². The molecule has 1 aliphatic heterocycles. The molecule has 0 radical (unpaired) electrons. The molecule has 0 bridgehead atoms. The van der Waals surface area contributed by atoms with Crippen LogP contribution in [-0.4, -0.2) is 34.6 Å². The number of nitro benzene ring substituents is 1. The summed E-state index contributed by atoms with van der Waals surface area (Å²) in [6, 6.07) is 2.44. The highest BCUT2D eigenvalue weighted by Gasteiger charge is 2.25. The monoisotopic (exact) mass is 336 g/mol. The van der Waals surface area contributed by atoms with Crippen LogP contribution in [0.5, 0.6) is 0 Å². The second kappa shape index (κ2) is 6.59. The molecule has 1 aromatic carbocycles. The molecule has 0 spiro atoms. The van der Waals surface area contributed by atoms with Crippen molar-refractivity contribution in [3.8, 4) is 0 Å². The summed E-state index contributed by atoms with van der Waals surface area (Å²) in [5.74, 6) is -0.851. The molecule has 0 unspecified atom stereocenters. The molecule has 24 heavy (non-hydrogen) atoms. The summed E-state index contributed by atoms with van der Waals surface area (Å²) in [5, 5.41) is 10.8. The quantitative estimate of drug-likeness (QED) is 0.603. The number of carbonyl (C=O) groups is 1. The molecule has 7 heteroatoms. The van der Waals surface area contributed by atoms with Gasteiger partial charge in [-0.1, -0.05) is 6.08 Å². The van der Waals surface area contributed by atoms with Gasteiger partial charge in [0.15, 0.2) is 0 Å². The van der Waals surface area contributed by atoms with E-state index in [9.17, 15) is 19.3 Å². The maximum Gasteiger partial charge on any atom is 0.410 e. The standard InChI is InChI=1S/C17H21FN2O4/c1-11-9-15(20(22)23)14(18)10-13(11)12-5-7-19(8-6-12)16(21)24-17(2,3)4/h5,9-10H,6-8H2,1-4H3. The lowest BCUT2D eigenvalue weighted by Gasteiger charge is -2.30. The molecule has 0 saturated carbocycles. The van der Waals surface area contributed by atoms with Crippen molar-refractivity contribution in [2.45, 2.75) is 39.7 Å². The van der Waals surface area contributed by atoms with Crippen LogP contribution in [0.1, 0.15) is 38.3 Å². The fraction of sp³-hybridized carbons (Fsp3) is 0.471. The molecule has 1 amide bonds. The van der Waals surface area contributed by atoms with Crippen molar-refractivity contribution in [2.75, 3.05) is 13.1 Å². The smallest absolute Gasteiger partial charge is 0.410 e. The predicted octanol–water partition coefficient (Wildman–Crippen LogP) is 4.07. The second-order valence-electron chi connectivity index (χ2n) is 6.78. The molecule has 0 fully saturated rings. The van der Waals surface area contributed by atoms with E-state index in [4.69, 9.17) is 4.74 Å². The summed E-state index contributed by atoms with van der Waals surface area (Å²) < 4.78 is 19.2. The fourth-order valence-corrected chi connectivity index (χ4v) is 2.56. The van der Waals surface area contributed by atoms with Gasteiger partial charge in [-0.05, 0) is 56.9 Å². The fourth-order valence-electron chi connectivity index (χ4n) is 2.56. The summed E-state index contributed by atoms with van der Waals surface area (Å²) in [7, 11) is 0. The van der Waals surface area contributed by atoms with Crippen LogP contribution in [0.15, 0.2) is 18.2 Å². The highest BCUT2D eigenvalue weighted by atomic mass is 19.1. The molecule has 2 rings (SSSR count). The van der Waals surface area contributed by atoms with E-state index in [-0.39, 0.29) is 6.09 Å². The maximum atomic E-state index is 13.9. The average molecular weight is 336 g/mol. The van der Waals surface area contributed by atoms with Crippen molar-refractivity contribution in [1.82, 2.24) is 4.90 Å². The molecule has 0 atom stereocenters. The zero-order valence-electron chi connectivity index (χ0n) is 14.3. The van der Waals surface area contributed by atoms with Crippen molar-refractivity contribution in [2.24, 2.45) is 0 Å². The van der Waals surface area contributed by atoms with Crippen molar-refractivity contribution in [1.29, 1.82) is 0 Å². The SMILES string of the molecule is Cc1cc([N+](=O)[O-])c(F)cc1C1=CCN(C(=O)OC(C)(C)C)CC1. The van der Waals surface area contributed by atoms with Crippen molar-refractivity contribution in [3.05, 3.63) is 45.3 Å². The van der Waals surface area contributed by atoms with Crippen LogP contribution in [0.3, 0.4) is 0 Å². The molecule has 1 aliphatic rings. The molecule has 0 aromatic heterocycles. The van der Waals surface area contributed by atoms with E-state index in [0.29, 0.717) is 30.6 Å². The lowest BCUT2D eigenvalue weighted by atomic mass is 9.95. The molecular formula is C17H21FN2O4. The Bertz CT molecular complexity index is 707. The lowest BCUT2D eigenvalue weighted by Crippen LogP contribution is -2.39. The number of nitrogens with zero attached hydrogens (tertiary/aromatic N) is 2. The summed E-state index contributed by atoms with van der Waals surface area (Å²) >= 11 is 0. The Labute approximate surface area is 140 Å². The van der Waals surface area contributed by atoms with Crippen LogP contribution >= 0.6 is 0 Å². The number of hydrogen-bond donors (Lipinski definition) is 0. The molecule has 6 nitrogen and oxygen atoms in total. The normalized spacial score (nSPS) is 15.0. The van der Waals surface area contributed by atoms with E-state index in [0.717, 1.165) is 5.57 Å². The van der Waals surface area contributed by atoms with Crippen LogP contribution in [0.4, 0.5) is 14.9 Å². The summed E-state index contributed by atoms with van der Waals surface area (Å²) in [4.78, 5) is 23.7. The van der Waals surface area contributed by atoms with E-state index in [1.807, 2.05) is 6.08 Å². The van der Waals surface area contributed by atoms with Crippen molar-refractivity contribution < 1.29 is 18.8 Å². The zero-order chi connectivity index (χ0) is 18.1.